The minimum absolute atomic E-state index is 0.375. The highest BCUT2D eigenvalue weighted by Crippen LogP contribution is 2.31. The van der Waals surface area contributed by atoms with Crippen molar-refractivity contribution in [2.45, 2.75) is 19.3 Å². The molecule has 3 aromatic rings. The molecule has 2 aromatic carbocycles. The predicted molar refractivity (Wildman–Crippen MR) is 72.5 cm³/mol. The lowest BCUT2D eigenvalue weighted by atomic mass is 9.88. The second kappa shape index (κ2) is 4.61. The number of hydrogen-bond acceptors (Lipinski definition) is 2. The Hall–Kier alpha value is -2.16. The quantitative estimate of drug-likeness (QED) is 0.757. The average Bonchev–Trinajstić information content (AvgIpc) is 2.90. The van der Waals surface area contributed by atoms with Crippen LogP contribution in [0.4, 0.5) is 0 Å². The summed E-state index contributed by atoms with van der Waals surface area (Å²) in [6.07, 6.45) is 1.05. The van der Waals surface area contributed by atoms with Crippen LogP contribution in [0.3, 0.4) is 0 Å². The molecule has 1 N–H and O–H groups in total. The van der Waals surface area contributed by atoms with Crippen LogP contribution < -0.4 is 0 Å². The number of aromatic nitrogens is 3. The summed E-state index contributed by atoms with van der Waals surface area (Å²) in [5.41, 5.74) is 4.56. The van der Waals surface area contributed by atoms with Crippen LogP contribution in [0.15, 0.2) is 48.5 Å². The van der Waals surface area contributed by atoms with E-state index in [9.17, 15) is 0 Å². The fourth-order valence-electron chi connectivity index (χ4n) is 2.49. The van der Waals surface area contributed by atoms with Gasteiger partial charge in [0.25, 0.3) is 0 Å². The van der Waals surface area contributed by atoms with Crippen LogP contribution in [0, 0.1) is 0 Å². The zero-order valence-electron chi connectivity index (χ0n) is 10.3. The van der Waals surface area contributed by atoms with Crippen LogP contribution in [0.5, 0.6) is 0 Å². The molecule has 3 heteroatoms. The van der Waals surface area contributed by atoms with Gasteiger partial charge in [0.1, 0.15) is 5.52 Å². The Kier molecular flexibility index (Phi) is 2.81. The molecule has 1 unspecified atom stereocenters. The van der Waals surface area contributed by atoms with E-state index in [1.54, 1.807) is 0 Å². The van der Waals surface area contributed by atoms with Gasteiger partial charge in [-0.15, -0.1) is 5.10 Å². The molecule has 1 heterocycles. The minimum Gasteiger partial charge on any atom is -0.258 e. The van der Waals surface area contributed by atoms with Gasteiger partial charge in [0, 0.05) is 5.92 Å². The summed E-state index contributed by atoms with van der Waals surface area (Å²) in [6.45, 7) is 2.20. The van der Waals surface area contributed by atoms with Crippen molar-refractivity contribution < 1.29 is 0 Å². The summed E-state index contributed by atoms with van der Waals surface area (Å²) < 4.78 is 0. The maximum absolute atomic E-state index is 4.21. The molecule has 3 nitrogen and oxygen atoms in total. The third-order valence-corrected chi connectivity index (χ3v) is 3.37. The van der Waals surface area contributed by atoms with Gasteiger partial charge in [-0.05, 0) is 23.6 Å². The molecule has 1 atom stereocenters. The fourth-order valence-corrected chi connectivity index (χ4v) is 2.49. The molecule has 18 heavy (non-hydrogen) atoms. The predicted octanol–water partition coefficient (Wildman–Crippen LogP) is 3.50. The first-order valence-corrected chi connectivity index (χ1v) is 6.24. The molecule has 0 saturated heterocycles. The van der Waals surface area contributed by atoms with Crippen molar-refractivity contribution in [3.63, 3.8) is 0 Å². The molecule has 3 rings (SSSR count). The smallest absolute Gasteiger partial charge is 0.116 e. The minimum atomic E-state index is 0.375. The number of benzene rings is 2. The largest absolute Gasteiger partial charge is 0.258 e. The van der Waals surface area contributed by atoms with E-state index in [1.807, 2.05) is 12.1 Å². The summed E-state index contributed by atoms with van der Waals surface area (Å²) in [7, 11) is 0. The SMILES string of the molecule is CCC(c1ccccc1)c1cccc2[nH]nnc12. The standard InChI is InChI=1S/C15H15N3/c1-2-12(11-7-4-3-5-8-11)13-9-6-10-14-15(13)17-18-16-14/h3-10,12H,2H2,1H3,(H,16,17,18). The van der Waals surface area contributed by atoms with Gasteiger partial charge in [0.15, 0.2) is 0 Å². The van der Waals surface area contributed by atoms with Crippen LogP contribution >= 0.6 is 0 Å². The molecule has 90 valence electrons. The zero-order chi connectivity index (χ0) is 12.4. The molecular formula is C15H15N3. The van der Waals surface area contributed by atoms with Crippen molar-refractivity contribution in [3.8, 4) is 0 Å². The monoisotopic (exact) mass is 237 g/mol. The first-order valence-electron chi connectivity index (χ1n) is 6.24. The van der Waals surface area contributed by atoms with E-state index in [1.165, 1.54) is 11.1 Å². The van der Waals surface area contributed by atoms with E-state index in [4.69, 9.17) is 0 Å². The first-order chi connectivity index (χ1) is 8.90. The van der Waals surface area contributed by atoms with Gasteiger partial charge in [0.2, 0.25) is 0 Å². The molecule has 0 aliphatic heterocycles. The topological polar surface area (TPSA) is 41.6 Å². The molecule has 1 aromatic heterocycles. The molecule has 0 aliphatic carbocycles. The van der Waals surface area contributed by atoms with Gasteiger partial charge in [-0.25, -0.2) is 0 Å². The lowest BCUT2D eigenvalue weighted by molar-refractivity contribution is 0.781. The van der Waals surface area contributed by atoms with Crippen molar-refractivity contribution >= 4 is 11.0 Å². The van der Waals surface area contributed by atoms with Gasteiger partial charge < -0.3 is 0 Å². The van der Waals surface area contributed by atoms with E-state index in [0.29, 0.717) is 5.92 Å². The van der Waals surface area contributed by atoms with Gasteiger partial charge in [0.05, 0.1) is 5.52 Å². The van der Waals surface area contributed by atoms with E-state index in [2.05, 4.69) is 58.7 Å². The molecule has 0 amide bonds. The molecule has 0 fully saturated rings. The highest BCUT2D eigenvalue weighted by Gasteiger charge is 2.16. The van der Waals surface area contributed by atoms with E-state index < -0.39 is 0 Å². The van der Waals surface area contributed by atoms with Crippen LogP contribution in [-0.2, 0) is 0 Å². The second-order valence-corrected chi connectivity index (χ2v) is 4.43. The van der Waals surface area contributed by atoms with Crippen molar-refractivity contribution in [1.82, 2.24) is 15.4 Å². The molecule has 0 spiro atoms. The maximum atomic E-state index is 4.21. The normalized spacial score (nSPS) is 12.7. The van der Waals surface area contributed by atoms with Crippen LogP contribution in [0.2, 0.25) is 0 Å². The molecular weight excluding hydrogens is 222 g/mol. The van der Waals surface area contributed by atoms with Crippen molar-refractivity contribution in [3.05, 3.63) is 59.7 Å². The average molecular weight is 237 g/mol. The Labute approximate surface area is 106 Å². The molecule has 0 bridgehead atoms. The van der Waals surface area contributed by atoms with Crippen molar-refractivity contribution in [2.75, 3.05) is 0 Å². The maximum Gasteiger partial charge on any atom is 0.116 e. The third-order valence-electron chi connectivity index (χ3n) is 3.37. The summed E-state index contributed by atoms with van der Waals surface area (Å²) in [4.78, 5) is 0. The third kappa shape index (κ3) is 1.78. The van der Waals surface area contributed by atoms with E-state index in [0.717, 1.165) is 17.5 Å². The Morgan fingerprint density at radius 3 is 2.67 bits per heavy atom. The number of H-pyrrole nitrogens is 1. The number of nitrogens with zero attached hydrogens (tertiary/aromatic N) is 2. The zero-order valence-corrected chi connectivity index (χ0v) is 10.3. The summed E-state index contributed by atoms with van der Waals surface area (Å²) in [6, 6.07) is 16.8. The highest BCUT2D eigenvalue weighted by atomic mass is 15.3. The summed E-state index contributed by atoms with van der Waals surface area (Å²) in [5, 5.41) is 11.0. The fraction of sp³-hybridized carbons (Fsp3) is 0.200. The Balaban J connectivity index is 2.15. The van der Waals surface area contributed by atoms with Gasteiger partial charge in [-0.1, -0.05) is 54.6 Å². The van der Waals surface area contributed by atoms with Crippen molar-refractivity contribution in [1.29, 1.82) is 0 Å². The van der Waals surface area contributed by atoms with Crippen LogP contribution in [-0.4, -0.2) is 15.4 Å². The Bertz CT molecular complexity index is 643. The first kappa shape index (κ1) is 11.0. The number of hydrogen-bond donors (Lipinski definition) is 1. The molecule has 0 radical (unpaired) electrons. The lowest BCUT2D eigenvalue weighted by Crippen LogP contribution is -2.00. The van der Waals surface area contributed by atoms with Crippen molar-refractivity contribution in [2.24, 2.45) is 0 Å². The number of aromatic amines is 1. The van der Waals surface area contributed by atoms with Crippen LogP contribution in [0.25, 0.3) is 11.0 Å². The number of rotatable bonds is 3. The number of fused-ring (bicyclic) bond motifs is 1. The van der Waals surface area contributed by atoms with Gasteiger partial charge in [-0.3, -0.25) is 5.10 Å². The second-order valence-electron chi connectivity index (χ2n) is 4.43. The number of nitrogens with one attached hydrogen (secondary N) is 1. The summed E-state index contributed by atoms with van der Waals surface area (Å²) >= 11 is 0. The van der Waals surface area contributed by atoms with E-state index in [-0.39, 0.29) is 0 Å². The van der Waals surface area contributed by atoms with Crippen LogP contribution in [0.1, 0.15) is 30.4 Å². The highest BCUT2D eigenvalue weighted by molar-refractivity contribution is 5.78. The Morgan fingerprint density at radius 2 is 1.89 bits per heavy atom. The molecule has 0 aliphatic rings. The molecule has 0 saturated carbocycles. The van der Waals surface area contributed by atoms with Gasteiger partial charge in [-0.2, -0.15) is 0 Å². The van der Waals surface area contributed by atoms with E-state index >= 15 is 0 Å². The van der Waals surface area contributed by atoms with Gasteiger partial charge >= 0.3 is 0 Å². The lowest BCUT2D eigenvalue weighted by Gasteiger charge is -2.16. The summed E-state index contributed by atoms with van der Waals surface area (Å²) in [5.74, 6) is 0.375. The Morgan fingerprint density at radius 1 is 1.06 bits per heavy atom.